The predicted molar refractivity (Wildman–Crippen MR) is 120 cm³/mol. The average Bonchev–Trinajstić information content (AvgIpc) is 3.30. The highest BCUT2D eigenvalue weighted by atomic mass is 35.5. The van der Waals surface area contributed by atoms with Gasteiger partial charge in [0.1, 0.15) is 0 Å². The molecule has 1 fully saturated rings. The third-order valence-corrected chi connectivity index (χ3v) is 6.23. The van der Waals surface area contributed by atoms with Gasteiger partial charge in [0.2, 0.25) is 0 Å². The normalized spacial score (nSPS) is 14.4. The molecule has 10 heteroatoms. The maximum atomic E-state index is 12.9. The van der Waals surface area contributed by atoms with Gasteiger partial charge in [0.25, 0.3) is 11.6 Å². The number of non-ortho nitro benzene ring substituents is 1. The quantitative estimate of drug-likeness (QED) is 0.301. The van der Waals surface area contributed by atoms with E-state index < -0.39 is 4.92 Å². The van der Waals surface area contributed by atoms with Gasteiger partial charge in [-0.3, -0.25) is 19.7 Å². The maximum Gasteiger partial charge on any atom is 0.274 e. The van der Waals surface area contributed by atoms with Crippen LogP contribution in [0.25, 0.3) is 5.69 Å². The highest BCUT2D eigenvalue weighted by Crippen LogP contribution is 2.27. The zero-order valence-corrected chi connectivity index (χ0v) is 18.3. The van der Waals surface area contributed by atoms with E-state index in [0.29, 0.717) is 47.2 Å². The molecule has 32 heavy (non-hydrogen) atoms. The van der Waals surface area contributed by atoms with Crippen molar-refractivity contribution in [1.29, 1.82) is 0 Å². The van der Waals surface area contributed by atoms with E-state index in [2.05, 4.69) is 5.10 Å². The number of carbonyl (C=O) groups excluding carboxylic acids is 2. The fourth-order valence-electron chi connectivity index (χ4n) is 3.70. The van der Waals surface area contributed by atoms with Crippen LogP contribution >= 0.6 is 23.2 Å². The van der Waals surface area contributed by atoms with Gasteiger partial charge >= 0.3 is 0 Å². The zero-order chi connectivity index (χ0) is 22.8. The summed E-state index contributed by atoms with van der Waals surface area (Å²) in [6.45, 7) is 0.891. The first-order chi connectivity index (χ1) is 15.3. The maximum absolute atomic E-state index is 12.9. The molecule has 1 saturated heterocycles. The summed E-state index contributed by atoms with van der Waals surface area (Å²) in [4.78, 5) is 37.6. The van der Waals surface area contributed by atoms with Crippen LogP contribution in [0, 0.1) is 16.0 Å². The van der Waals surface area contributed by atoms with Crippen molar-refractivity contribution in [3.63, 3.8) is 0 Å². The summed E-state index contributed by atoms with van der Waals surface area (Å²) in [6.07, 6.45) is 2.73. The lowest BCUT2D eigenvalue weighted by Crippen LogP contribution is -2.40. The minimum absolute atomic E-state index is 0.00175. The first-order valence-corrected chi connectivity index (χ1v) is 10.7. The van der Waals surface area contributed by atoms with Crippen LogP contribution < -0.4 is 0 Å². The Hall–Kier alpha value is -3.23. The third-order valence-electron chi connectivity index (χ3n) is 5.49. The summed E-state index contributed by atoms with van der Waals surface area (Å²) in [6, 6.07) is 12.4. The molecule has 4 rings (SSSR count). The van der Waals surface area contributed by atoms with Gasteiger partial charge < -0.3 is 4.90 Å². The van der Waals surface area contributed by atoms with Crippen LogP contribution in [0.4, 0.5) is 5.69 Å². The van der Waals surface area contributed by atoms with Crippen molar-refractivity contribution in [1.82, 2.24) is 14.7 Å². The summed E-state index contributed by atoms with van der Waals surface area (Å²) in [7, 11) is 0. The molecular weight excluding hydrogens is 455 g/mol. The number of nitro benzene ring substituents is 1. The second-order valence-electron chi connectivity index (χ2n) is 7.48. The molecule has 1 amide bonds. The van der Waals surface area contributed by atoms with Crippen LogP contribution in [0.1, 0.15) is 33.7 Å². The monoisotopic (exact) mass is 472 g/mol. The zero-order valence-electron chi connectivity index (χ0n) is 16.8. The van der Waals surface area contributed by atoms with E-state index in [1.807, 2.05) is 0 Å². The van der Waals surface area contributed by atoms with E-state index >= 15 is 0 Å². The summed E-state index contributed by atoms with van der Waals surface area (Å²) in [5, 5.41) is 15.8. The van der Waals surface area contributed by atoms with Crippen LogP contribution in [0.5, 0.6) is 0 Å². The fraction of sp³-hybridized carbons (Fsp3) is 0.227. The van der Waals surface area contributed by atoms with E-state index in [1.54, 1.807) is 47.5 Å². The highest BCUT2D eigenvalue weighted by molar-refractivity contribution is 6.42. The summed E-state index contributed by atoms with van der Waals surface area (Å²) in [5.41, 5.74) is 1.39. The number of nitro groups is 1. The van der Waals surface area contributed by atoms with Crippen LogP contribution in [0.3, 0.4) is 0 Å². The molecule has 0 radical (unpaired) electrons. The standard InChI is InChI=1S/C22H18Cl2N4O4/c23-18-6-1-15(13-19(18)24)21(29)14-7-10-26(11-8-14)22(30)20-9-12-27(25-20)16-2-4-17(5-3-16)28(31)32/h1-6,9,12-14H,7-8,10-11H2. The summed E-state index contributed by atoms with van der Waals surface area (Å²) < 4.78 is 1.50. The molecule has 8 nitrogen and oxygen atoms in total. The number of hydrogen-bond acceptors (Lipinski definition) is 5. The van der Waals surface area contributed by atoms with Gasteiger partial charge in [-0.2, -0.15) is 5.10 Å². The van der Waals surface area contributed by atoms with E-state index in [-0.39, 0.29) is 29.0 Å². The molecule has 0 unspecified atom stereocenters. The first-order valence-electron chi connectivity index (χ1n) is 9.92. The molecule has 1 aliphatic rings. The minimum Gasteiger partial charge on any atom is -0.337 e. The molecule has 2 heterocycles. The Labute approximate surface area is 193 Å². The topological polar surface area (TPSA) is 98.3 Å². The van der Waals surface area contributed by atoms with Crippen LogP contribution in [-0.4, -0.2) is 44.4 Å². The number of piperidine rings is 1. The Morgan fingerprint density at radius 1 is 1.00 bits per heavy atom. The third kappa shape index (κ3) is 4.51. The lowest BCUT2D eigenvalue weighted by Gasteiger charge is -2.31. The first kappa shape index (κ1) is 22.0. The van der Waals surface area contributed by atoms with E-state index in [9.17, 15) is 19.7 Å². The Morgan fingerprint density at radius 2 is 1.69 bits per heavy atom. The van der Waals surface area contributed by atoms with E-state index in [1.165, 1.54) is 16.8 Å². The lowest BCUT2D eigenvalue weighted by atomic mass is 9.89. The number of rotatable bonds is 5. The number of carbonyl (C=O) groups is 2. The predicted octanol–water partition coefficient (Wildman–Crippen LogP) is 4.82. The number of hydrogen-bond donors (Lipinski definition) is 0. The van der Waals surface area contributed by atoms with Crippen LogP contribution in [-0.2, 0) is 0 Å². The fourth-order valence-corrected chi connectivity index (χ4v) is 4.00. The van der Waals surface area contributed by atoms with Crippen LogP contribution in [0.15, 0.2) is 54.7 Å². The van der Waals surface area contributed by atoms with E-state index in [0.717, 1.165) is 0 Å². The molecule has 164 valence electrons. The molecule has 0 saturated carbocycles. The molecule has 0 N–H and O–H groups in total. The largest absolute Gasteiger partial charge is 0.337 e. The Morgan fingerprint density at radius 3 is 2.31 bits per heavy atom. The Kier molecular flexibility index (Phi) is 6.25. The lowest BCUT2D eigenvalue weighted by molar-refractivity contribution is -0.384. The summed E-state index contributed by atoms with van der Waals surface area (Å²) in [5.74, 6) is -0.404. The van der Waals surface area contributed by atoms with Crippen molar-refractivity contribution in [2.75, 3.05) is 13.1 Å². The molecule has 0 atom stereocenters. The van der Waals surface area contributed by atoms with Gasteiger partial charge in [0, 0.05) is 42.9 Å². The van der Waals surface area contributed by atoms with Crippen molar-refractivity contribution in [2.45, 2.75) is 12.8 Å². The molecule has 0 spiro atoms. The molecule has 1 aromatic heterocycles. The van der Waals surface area contributed by atoms with E-state index in [4.69, 9.17) is 23.2 Å². The van der Waals surface area contributed by atoms with Crippen molar-refractivity contribution in [3.05, 3.63) is 86.1 Å². The molecule has 1 aliphatic heterocycles. The molecule has 0 bridgehead atoms. The molecular formula is C22H18Cl2N4O4. The Bertz CT molecular complexity index is 1180. The van der Waals surface area contributed by atoms with Gasteiger partial charge in [-0.1, -0.05) is 23.2 Å². The molecule has 2 aromatic carbocycles. The van der Waals surface area contributed by atoms with Gasteiger partial charge in [0.15, 0.2) is 11.5 Å². The second kappa shape index (κ2) is 9.10. The number of likely N-dealkylation sites (tertiary alicyclic amines) is 1. The summed E-state index contributed by atoms with van der Waals surface area (Å²) >= 11 is 11.9. The van der Waals surface area contributed by atoms with Crippen molar-refractivity contribution in [2.24, 2.45) is 5.92 Å². The number of Topliss-reactive ketones (excluding diaryl/α,β-unsaturated/α-hetero) is 1. The smallest absolute Gasteiger partial charge is 0.274 e. The SMILES string of the molecule is O=C(c1ccc(Cl)c(Cl)c1)C1CCN(C(=O)c2ccn(-c3ccc([N+](=O)[O-])cc3)n2)CC1. The number of halogens is 2. The van der Waals surface area contributed by atoms with Crippen LogP contribution in [0.2, 0.25) is 10.0 Å². The van der Waals surface area contributed by atoms with Crippen molar-refractivity contribution < 1.29 is 14.5 Å². The average molecular weight is 473 g/mol. The van der Waals surface area contributed by atoms with Gasteiger partial charge in [-0.15, -0.1) is 0 Å². The van der Waals surface area contributed by atoms with Gasteiger partial charge in [-0.25, -0.2) is 4.68 Å². The van der Waals surface area contributed by atoms with Crippen molar-refractivity contribution >= 4 is 40.6 Å². The van der Waals surface area contributed by atoms with Crippen molar-refractivity contribution in [3.8, 4) is 5.69 Å². The number of amides is 1. The van der Waals surface area contributed by atoms with Gasteiger partial charge in [0.05, 0.1) is 20.7 Å². The Balaban J connectivity index is 1.39. The highest BCUT2D eigenvalue weighted by Gasteiger charge is 2.29. The molecule has 3 aromatic rings. The minimum atomic E-state index is -0.474. The molecule has 0 aliphatic carbocycles. The second-order valence-corrected chi connectivity index (χ2v) is 8.29. The number of benzene rings is 2. The number of aromatic nitrogens is 2. The van der Waals surface area contributed by atoms with Gasteiger partial charge in [-0.05, 0) is 49.2 Å². The number of nitrogens with zero attached hydrogens (tertiary/aromatic N) is 4. The number of ketones is 1.